The van der Waals surface area contributed by atoms with E-state index in [2.05, 4.69) is 0 Å². The first-order valence-corrected chi connectivity index (χ1v) is 4.43. The van der Waals surface area contributed by atoms with Crippen molar-refractivity contribution < 1.29 is 18.3 Å². The van der Waals surface area contributed by atoms with Crippen LogP contribution in [0.4, 0.5) is 13.2 Å². The normalized spacial score (nSPS) is 15.2. The molecular weight excluding hydrogens is 197 g/mol. The second-order valence-electron chi connectivity index (χ2n) is 3.58. The number of hydrogen-bond acceptors (Lipinski definition) is 3. The number of aliphatic hydroxyl groups is 1. The van der Waals surface area contributed by atoms with Gasteiger partial charge in [-0.2, -0.15) is 13.2 Å². The Morgan fingerprint density at radius 3 is 2.14 bits per heavy atom. The molecule has 0 fully saturated rings. The van der Waals surface area contributed by atoms with E-state index in [1.165, 1.54) is 4.90 Å². The van der Waals surface area contributed by atoms with E-state index in [9.17, 15) is 13.2 Å². The lowest BCUT2D eigenvalue weighted by atomic mass is 10.2. The molecule has 6 heteroatoms. The van der Waals surface area contributed by atoms with Crippen LogP contribution >= 0.6 is 0 Å². The fourth-order valence-corrected chi connectivity index (χ4v) is 1.05. The molecule has 0 saturated heterocycles. The molecule has 0 heterocycles. The minimum absolute atomic E-state index is 0.0493. The smallest absolute Gasteiger partial charge is 0.395 e. The zero-order chi connectivity index (χ0) is 11.4. The van der Waals surface area contributed by atoms with Crippen LogP contribution in [0.3, 0.4) is 0 Å². The summed E-state index contributed by atoms with van der Waals surface area (Å²) in [5.74, 6) is 0. The van der Waals surface area contributed by atoms with Gasteiger partial charge in [-0.15, -0.1) is 0 Å². The summed E-state index contributed by atoms with van der Waals surface area (Å²) in [7, 11) is 0. The van der Waals surface area contributed by atoms with Crippen molar-refractivity contribution in [2.45, 2.75) is 32.1 Å². The topological polar surface area (TPSA) is 49.5 Å². The lowest BCUT2D eigenvalue weighted by molar-refractivity contribution is -0.150. The molecule has 3 N–H and O–H groups in total. The van der Waals surface area contributed by atoms with Crippen LogP contribution < -0.4 is 5.73 Å². The van der Waals surface area contributed by atoms with Crippen LogP contribution in [0.5, 0.6) is 0 Å². The summed E-state index contributed by atoms with van der Waals surface area (Å²) < 4.78 is 36.2. The van der Waals surface area contributed by atoms with Gasteiger partial charge in [0.15, 0.2) is 0 Å². The minimum Gasteiger partial charge on any atom is -0.395 e. The molecule has 0 bridgehead atoms. The number of nitrogens with zero attached hydrogens (tertiary/aromatic N) is 1. The molecule has 0 spiro atoms. The largest absolute Gasteiger partial charge is 0.401 e. The molecular formula is C8H17F3N2O. The zero-order valence-corrected chi connectivity index (χ0v) is 8.38. The van der Waals surface area contributed by atoms with Crippen molar-refractivity contribution in [3.63, 3.8) is 0 Å². The second-order valence-corrected chi connectivity index (χ2v) is 3.58. The Morgan fingerprint density at radius 2 is 1.86 bits per heavy atom. The van der Waals surface area contributed by atoms with Gasteiger partial charge in [-0.1, -0.05) is 0 Å². The van der Waals surface area contributed by atoms with Gasteiger partial charge in [-0.05, 0) is 13.8 Å². The summed E-state index contributed by atoms with van der Waals surface area (Å²) in [5, 5.41) is 8.63. The summed E-state index contributed by atoms with van der Waals surface area (Å²) in [6.07, 6.45) is -4.22. The third kappa shape index (κ3) is 6.17. The average molecular weight is 214 g/mol. The second kappa shape index (κ2) is 5.53. The predicted molar refractivity (Wildman–Crippen MR) is 47.8 cm³/mol. The van der Waals surface area contributed by atoms with E-state index in [1.807, 2.05) is 0 Å². The first kappa shape index (κ1) is 13.7. The van der Waals surface area contributed by atoms with Gasteiger partial charge >= 0.3 is 6.18 Å². The van der Waals surface area contributed by atoms with E-state index in [-0.39, 0.29) is 19.2 Å². The van der Waals surface area contributed by atoms with E-state index >= 15 is 0 Å². The fraction of sp³-hybridized carbons (Fsp3) is 1.00. The number of rotatable bonds is 5. The highest BCUT2D eigenvalue weighted by molar-refractivity contribution is 4.72. The maximum absolute atomic E-state index is 12.1. The van der Waals surface area contributed by atoms with E-state index in [0.717, 1.165) is 0 Å². The summed E-state index contributed by atoms with van der Waals surface area (Å²) in [6, 6.07) is -0.867. The highest BCUT2D eigenvalue weighted by atomic mass is 19.4. The standard InChI is InChI=1S/C8H17F3N2O/c1-6(2)13(3-7(12)4-14)5-8(9,10)11/h6-7,14H,3-5,12H2,1-2H3. The number of alkyl halides is 3. The van der Waals surface area contributed by atoms with Gasteiger partial charge in [0.05, 0.1) is 13.2 Å². The van der Waals surface area contributed by atoms with Crippen molar-refractivity contribution in [2.24, 2.45) is 5.73 Å². The molecule has 1 unspecified atom stereocenters. The van der Waals surface area contributed by atoms with Gasteiger partial charge in [-0.25, -0.2) is 0 Å². The number of halogens is 3. The third-order valence-corrected chi connectivity index (χ3v) is 1.82. The first-order chi connectivity index (χ1) is 6.26. The van der Waals surface area contributed by atoms with Crippen LogP contribution in [0, 0.1) is 0 Å². The SMILES string of the molecule is CC(C)N(CC(N)CO)CC(F)(F)F. The Labute approximate surface area is 81.7 Å². The van der Waals surface area contributed by atoms with Crippen molar-refractivity contribution in [1.82, 2.24) is 4.90 Å². The van der Waals surface area contributed by atoms with E-state index < -0.39 is 18.8 Å². The van der Waals surface area contributed by atoms with Crippen molar-refractivity contribution in [3.05, 3.63) is 0 Å². The quantitative estimate of drug-likeness (QED) is 0.703. The lowest BCUT2D eigenvalue weighted by Crippen LogP contribution is -2.46. The van der Waals surface area contributed by atoms with Crippen LogP contribution in [0.1, 0.15) is 13.8 Å². The lowest BCUT2D eigenvalue weighted by Gasteiger charge is -2.29. The Balaban J connectivity index is 4.16. The molecule has 3 nitrogen and oxygen atoms in total. The summed E-state index contributed by atoms with van der Waals surface area (Å²) >= 11 is 0. The predicted octanol–water partition coefficient (Wildman–Crippen LogP) is 0.579. The number of nitrogens with two attached hydrogens (primary N) is 1. The van der Waals surface area contributed by atoms with Crippen molar-refractivity contribution in [2.75, 3.05) is 19.7 Å². The Bertz CT molecular complexity index is 161. The molecule has 0 aliphatic carbocycles. The Morgan fingerprint density at radius 1 is 1.36 bits per heavy atom. The molecule has 1 atom stereocenters. The van der Waals surface area contributed by atoms with Crippen molar-refractivity contribution in [3.8, 4) is 0 Å². The highest BCUT2D eigenvalue weighted by Crippen LogP contribution is 2.17. The van der Waals surface area contributed by atoms with Crippen LogP contribution in [-0.4, -0.2) is 48.0 Å². The molecule has 0 aromatic heterocycles. The summed E-state index contributed by atoms with van der Waals surface area (Å²) in [4.78, 5) is 1.20. The monoisotopic (exact) mass is 214 g/mol. The molecule has 0 amide bonds. The van der Waals surface area contributed by atoms with E-state index in [1.54, 1.807) is 13.8 Å². The van der Waals surface area contributed by atoms with Crippen LogP contribution in [0.25, 0.3) is 0 Å². The fourth-order valence-electron chi connectivity index (χ4n) is 1.05. The third-order valence-electron chi connectivity index (χ3n) is 1.82. The first-order valence-electron chi connectivity index (χ1n) is 4.43. The van der Waals surface area contributed by atoms with Crippen LogP contribution in [-0.2, 0) is 0 Å². The van der Waals surface area contributed by atoms with Gasteiger partial charge in [0.1, 0.15) is 0 Å². The number of hydrogen-bond donors (Lipinski definition) is 2. The minimum atomic E-state index is -4.22. The Hall–Kier alpha value is -0.330. The molecule has 0 aliphatic rings. The van der Waals surface area contributed by atoms with Crippen molar-refractivity contribution in [1.29, 1.82) is 0 Å². The van der Waals surface area contributed by atoms with Gasteiger partial charge in [-0.3, -0.25) is 4.90 Å². The average Bonchev–Trinajstić information content (AvgIpc) is 2.00. The summed E-state index contributed by atoms with van der Waals surface area (Å²) in [6.45, 7) is 2.08. The van der Waals surface area contributed by atoms with Gasteiger partial charge < -0.3 is 10.8 Å². The molecule has 0 saturated carbocycles. The summed E-state index contributed by atoms with van der Waals surface area (Å²) in [5.41, 5.74) is 5.37. The van der Waals surface area contributed by atoms with E-state index in [4.69, 9.17) is 10.8 Å². The molecule has 86 valence electrons. The van der Waals surface area contributed by atoms with Crippen LogP contribution in [0.2, 0.25) is 0 Å². The number of aliphatic hydroxyl groups excluding tert-OH is 1. The highest BCUT2D eigenvalue weighted by Gasteiger charge is 2.32. The van der Waals surface area contributed by atoms with E-state index in [0.29, 0.717) is 0 Å². The molecule has 0 aromatic carbocycles. The molecule has 0 rings (SSSR count). The van der Waals surface area contributed by atoms with Gasteiger partial charge in [0.2, 0.25) is 0 Å². The van der Waals surface area contributed by atoms with Gasteiger partial charge in [0.25, 0.3) is 0 Å². The maximum atomic E-state index is 12.1. The molecule has 0 aromatic rings. The molecule has 0 aliphatic heterocycles. The van der Waals surface area contributed by atoms with Crippen molar-refractivity contribution >= 4 is 0 Å². The molecule has 14 heavy (non-hydrogen) atoms. The molecule has 0 radical (unpaired) electrons. The zero-order valence-electron chi connectivity index (χ0n) is 8.38. The van der Waals surface area contributed by atoms with Crippen LogP contribution in [0.15, 0.2) is 0 Å². The maximum Gasteiger partial charge on any atom is 0.401 e. The Kier molecular flexibility index (Phi) is 5.40. The van der Waals surface area contributed by atoms with Gasteiger partial charge in [0, 0.05) is 18.6 Å².